The van der Waals surface area contributed by atoms with Crippen molar-refractivity contribution >= 4 is 63.3 Å². The van der Waals surface area contributed by atoms with Crippen LogP contribution in [0.2, 0.25) is 0 Å². The molecule has 1 nitrogen and oxygen atoms in total. The van der Waals surface area contributed by atoms with Gasteiger partial charge in [0.2, 0.25) is 0 Å². The first-order valence-electron chi connectivity index (χ1n) is 6.22. The largest absolute Gasteiger partial charge is 0.338 e. The minimum Gasteiger partial charge on any atom is -0.338 e. The van der Waals surface area contributed by atoms with Gasteiger partial charge in [-0.15, -0.1) is 22.7 Å². The number of nitrogens with one attached hydrogen (secondary N) is 1. The first kappa shape index (κ1) is 10.0. The van der Waals surface area contributed by atoms with E-state index in [0.29, 0.717) is 0 Å². The Morgan fingerprint density at radius 2 is 1.11 bits per heavy atom. The molecular weight excluding hydrogens is 270 g/mol. The number of rotatable bonds is 0. The monoisotopic (exact) mass is 279 g/mol. The lowest BCUT2D eigenvalue weighted by atomic mass is 10.1. The molecule has 1 N–H and O–H groups in total. The third-order valence-electron chi connectivity index (χ3n) is 3.67. The number of H-pyrrole nitrogens is 1. The molecule has 90 valence electrons. The maximum atomic E-state index is 3.59. The lowest BCUT2D eigenvalue weighted by molar-refractivity contribution is 1.64. The van der Waals surface area contributed by atoms with Crippen LogP contribution >= 0.6 is 22.7 Å². The van der Waals surface area contributed by atoms with Gasteiger partial charge < -0.3 is 4.98 Å². The molecule has 0 radical (unpaired) electrons. The maximum Gasteiger partial charge on any atom is 0.103 e. The van der Waals surface area contributed by atoms with E-state index in [1.807, 2.05) is 22.7 Å². The van der Waals surface area contributed by atoms with Crippen LogP contribution in [0.15, 0.2) is 48.5 Å². The predicted molar refractivity (Wildman–Crippen MR) is 86.6 cm³/mol. The summed E-state index contributed by atoms with van der Waals surface area (Å²) in [4.78, 5) is 6.19. The maximum absolute atomic E-state index is 3.59. The molecule has 5 aromatic rings. The zero-order valence-corrected chi connectivity index (χ0v) is 11.6. The third-order valence-corrected chi connectivity index (χ3v) is 5.84. The Bertz CT molecular complexity index is 977. The van der Waals surface area contributed by atoms with Crippen molar-refractivity contribution in [2.24, 2.45) is 0 Å². The van der Waals surface area contributed by atoms with Crippen LogP contribution < -0.4 is 0 Å². The van der Waals surface area contributed by atoms with Crippen LogP contribution in [0, 0.1) is 0 Å². The van der Waals surface area contributed by atoms with Gasteiger partial charge in [0, 0.05) is 30.9 Å². The van der Waals surface area contributed by atoms with Gasteiger partial charge >= 0.3 is 0 Å². The Balaban J connectivity index is 2.16. The molecule has 3 aromatic heterocycles. The van der Waals surface area contributed by atoms with E-state index in [1.165, 1.54) is 40.6 Å². The molecule has 0 saturated carbocycles. The van der Waals surface area contributed by atoms with Crippen molar-refractivity contribution in [3.05, 3.63) is 48.5 Å². The minimum absolute atomic E-state index is 1.30. The molecular formula is C16H9NS2. The molecule has 19 heavy (non-hydrogen) atoms. The Morgan fingerprint density at radius 1 is 0.632 bits per heavy atom. The van der Waals surface area contributed by atoms with E-state index in [9.17, 15) is 0 Å². The van der Waals surface area contributed by atoms with E-state index in [-0.39, 0.29) is 0 Å². The zero-order valence-electron chi connectivity index (χ0n) is 9.94. The summed E-state index contributed by atoms with van der Waals surface area (Å²) in [5.74, 6) is 0. The normalized spacial score (nSPS) is 12.2. The second-order valence-electron chi connectivity index (χ2n) is 4.73. The number of aromatic nitrogens is 1. The van der Waals surface area contributed by atoms with Crippen molar-refractivity contribution < 1.29 is 0 Å². The fourth-order valence-corrected chi connectivity index (χ4v) is 5.16. The molecule has 0 aliphatic heterocycles. The number of hydrogen-bond acceptors (Lipinski definition) is 2. The molecule has 0 atom stereocenters. The summed E-state index contributed by atoms with van der Waals surface area (Å²) in [5, 5.41) is 5.54. The first-order valence-corrected chi connectivity index (χ1v) is 7.85. The summed E-state index contributed by atoms with van der Waals surface area (Å²) < 4.78 is 2.72. The highest BCUT2D eigenvalue weighted by molar-refractivity contribution is 7.28. The quantitative estimate of drug-likeness (QED) is 0.371. The van der Waals surface area contributed by atoms with Gasteiger partial charge in [-0.3, -0.25) is 0 Å². The average Bonchev–Trinajstić information content (AvgIpc) is 3.04. The summed E-state index contributed by atoms with van der Waals surface area (Å²) >= 11 is 3.70. The molecule has 0 aliphatic rings. The highest BCUT2D eigenvalue weighted by Gasteiger charge is 2.15. The Labute approximate surface area is 117 Å². The van der Waals surface area contributed by atoms with Gasteiger partial charge in [-0.2, -0.15) is 0 Å². The number of aromatic amines is 1. The smallest absolute Gasteiger partial charge is 0.103 e. The predicted octanol–water partition coefficient (Wildman–Crippen LogP) is 5.75. The van der Waals surface area contributed by atoms with Crippen LogP contribution in [0.25, 0.3) is 40.6 Å². The van der Waals surface area contributed by atoms with Gasteiger partial charge in [0.05, 0.1) is 0 Å². The van der Waals surface area contributed by atoms with E-state index in [0.717, 1.165) is 0 Å². The van der Waals surface area contributed by atoms with Gasteiger partial charge in [-0.05, 0) is 12.1 Å². The van der Waals surface area contributed by atoms with Crippen LogP contribution in [-0.4, -0.2) is 4.98 Å². The molecule has 3 heteroatoms. The molecule has 0 fully saturated rings. The standard InChI is InChI=1S/C16H9NS2/c1-3-7-11-9(5-1)13-14-10-6-2-4-8-12(10)19-16(14)17-15(13)18-11/h1-8,17H. The van der Waals surface area contributed by atoms with Crippen molar-refractivity contribution in [3.8, 4) is 0 Å². The summed E-state index contributed by atoms with van der Waals surface area (Å²) in [5.41, 5.74) is 0. The summed E-state index contributed by atoms with van der Waals surface area (Å²) in [7, 11) is 0. The number of fused-ring (bicyclic) bond motifs is 7. The van der Waals surface area contributed by atoms with E-state index >= 15 is 0 Å². The van der Waals surface area contributed by atoms with Crippen LogP contribution in [0.3, 0.4) is 0 Å². The number of thiophene rings is 2. The van der Waals surface area contributed by atoms with Crippen molar-refractivity contribution in [3.63, 3.8) is 0 Å². The fourth-order valence-electron chi connectivity index (χ4n) is 2.87. The van der Waals surface area contributed by atoms with Crippen LogP contribution in [0.5, 0.6) is 0 Å². The van der Waals surface area contributed by atoms with Gasteiger partial charge in [-0.25, -0.2) is 0 Å². The van der Waals surface area contributed by atoms with E-state index in [1.54, 1.807) is 0 Å². The Morgan fingerprint density at radius 3 is 1.63 bits per heavy atom. The lowest BCUT2D eigenvalue weighted by Gasteiger charge is -1.90. The second kappa shape index (κ2) is 3.38. The molecule has 5 rings (SSSR count). The SMILES string of the molecule is c1ccc2c(c1)sc1[nH]c3sc4ccccc4c3c12. The third kappa shape index (κ3) is 1.19. The highest BCUT2D eigenvalue weighted by Crippen LogP contribution is 2.44. The molecule has 0 unspecified atom stereocenters. The molecule has 0 saturated heterocycles. The van der Waals surface area contributed by atoms with Crippen LogP contribution in [0.4, 0.5) is 0 Å². The Kier molecular flexibility index (Phi) is 1.78. The van der Waals surface area contributed by atoms with Crippen molar-refractivity contribution in [1.29, 1.82) is 0 Å². The molecule has 0 aliphatic carbocycles. The van der Waals surface area contributed by atoms with Gasteiger partial charge in [0.25, 0.3) is 0 Å². The van der Waals surface area contributed by atoms with Crippen LogP contribution in [-0.2, 0) is 0 Å². The number of benzene rings is 2. The topological polar surface area (TPSA) is 15.8 Å². The molecule has 2 aromatic carbocycles. The van der Waals surface area contributed by atoms with Gasteiger partial charge in [0.15, 0.2) is 0 Å². The molecule has 0 amide bonds. The fraction of sp³-hybridized carbons (Fsp3) is 0. The summed E-state index contributed by atoms with van der Waals surface area (Å²) in [6.07, 6.45) is 0. The van der Waals surface area contributed by atoms with E-state index in [4.69, 9.17) is 0 Å². The number of hydrogen-bond donors (Lipinski definition) is 1. The highest BCUT2D eigenvalue weighted by atomic mass is 32.1. The molecule has 0 spiro atoms. The lowest BCUT2D eigenvalue weighted by Crippen LogP contribution is -1.65. The Hall–Kier alpha value is -1.84. The first-order chi connectivity index (χ1) is 9.42. The second-order valence-corrected chi connectivity index (χ2v) is 6.83. The van der Waals surface area contributed by atoms with Gasteiger partial charge in [-0.1, -0.05) is 36.4 Å². The minimum atomic E-state index is 1.30. The van der Waals surface area contributed by atoms with Crippen molar-refractivity contribution in [2.75, 3.05) is 0 Å². The van der Waals surface area contributed by atoms with E-state index < -0.39 is 0 Å². The van der Waals surface area contributed by atoms with Crippen molar-refractivity contribution in [1.82, 2.24) is 4.98 Å². The molecule has 0 bridgehead atoms. The molecule has 3 heterocycles. The zero-order chi connectivity index (χ0) is 12.4. The van der Waals surface area contributed by atoms with Gasteiger partial charge in [0.1, 0.15) is 9.66 Å². The van der Waals surface area contributed by atoms with Crippen LogP contribution in [0.1, 0.15) is 0 Å². The van der Waals surface area contributed by atoms with E-state index in [2.05, 4.69) is 53.5 Å². The average molecular weight is 279 g/mol. The summed E-state index contributed by atoms with van der Waals surface area (Å²) in [6, 6.07) is 17.3. The van der Waals surface area contributed by atoms with Crippen molar-refractivity contribution in [2.45, 2.75) is 0 Å². The summed E-state index contributed by atoms with van der Waals surface area (Å²) in [6.45, 7) is 0.